The van der Waals surface area contributed by atoms with E-state index in [9.17, 15) is 4.79 Å². The first-order valence-corrected chi connectivity index (χ1v) is 5.61. The summed E-state index contributed by atoms with van der Waals surface area (Å²) in [6, 6.07) is 7.30. The molecule has 1 rings (SSSR count). The molecule has 0 saturated carbocycles. The van der Waals surface area contributed by atoms with Crippen molar-refractivity contribution in [3.05, 3.63) is 29.3 Å². The van der Waals surface area contributed by atoms with Gasteiger partial charge in [-0.15, -0.1) is 0 Å². The van der Waals surface area contributed by atoms with Crippen molar-refractivity contribution >= 4 is 5.97 Å². The Bertz CT molecular complexity index is 466. The number of carbonyl (C=O) groups is 1. The normalized spacial score (nSPS) is 10.1. The maximum absolute atomic E-state index is 10.7. The topological polar surface area (TPSA) is 73.6 Å². The second-order valence-electron chi connectivity index (χ2n) is 3.84. The van der Waals surface area contributed by atoms with Gasteiger partial charge in [0.25, 0.3) is 0 Å². The molecule has 1 N–H and O–H groups in total. The van der Waals surface area contributed by atoms with E-state index in [0.29, 0.717) is 24.4 Å². The van der Waals surface area contributed by atoms with Crippen LogP contribution >= 0.6 is 0 Å². The lowest BCUT2D eigenvalue weighted by Gasteiger charge is -2.18. The first-order chi connectivity index (χ1) is 8.60. The third kappa shape index (κ3) is 3.75. The second kappa shape index (κ2) is 6.62. The molecule has 1 aromatic rings. The monoisotopic (exact) mass is 248 g/mol. The fourth-order valence-corrected chi connectivity index (χ4v) is 1.66. The molecule has 0 aliphatic rings. The summed E-state index contributed by atoms with van der Waals surface area (Å²) in [7, 11) is 1.51. The third-order valence-corrected chi connectivity index (χ3v) is 2.60. The van der Waals surface area contributed by atoms with E-state index < -0.39 is 5.97 Å². The number of rotatable bonds is 6. The number of aliphatic carboxylic acids is 1. The van der Waals surface area contributed by atoms with Crippen molar-refractivity contribution in [3.8, 4) is 11.8 Å². The minimum atomic E-state index is -0.850. The molecule has 0 aliphatic heterocycles. The number of hydrogen-bond donors (Lipinski definition) is 1. The SMILES string of the molecule is CCN(CC(=O)O)Cc1ccc(C#N)c(OC)c1. The number of nitrogens with zero attached hydrogens (tertiary/aromatic N) is 2. The minimum Gasteiger partial charge on any atom is -0.495 e. The van der Waals surface area contributed by atoms with Gasteiger partial charge in [0.15, 0.2) is 0 Å². The van der Waals surface area contributed by atoms with Crippen LogP contribution in [0.5, 0.6) is 5.75 Å². The molecule has 0 fully saturated rings. The Labute approximate surface area is 106 Å². The molecule has 0 atom stereocenters. The maximum atomic E-state index is 10.7. The summed E-state index contributed by atoms with van der Waals surface area (Å²) in [6.07, 6.45) is 0. The van der Waals surface area contributed by atoms with Crippen LogP contribution in [0, 0.1) is 11.3 Å². The van der Waals surface area contributed by atoms with Gasteiger partial charge in [0.2, 0.25) is 0 Å². The zero-order valence-electron chi connectivity index (χ0n) is 10.5. The highest BCUT2D eigenvalue weighted by Crippen LogP contribution is 2.20. The fourth-order valence-electron chi connectivity index (χ4n) is 1.66. The van der Waals surface area contributed by atoms with Crippen LogP contribution in [0.3, 0.4) is 0 Å². The predicted octanol–water partition coefficient (Wildman–Crippen LogP) is 1.47. The lowest BCUT2D eigenvalue weighted by molar-refractivity contribution is -0.138. The number of carboxylic acid groups (broad SMARTS) is 1. The van der Waals surface area contributed by atoms with Gasteiger partial charge in [0, 0.05) is 6.54 Å². The highest BCUT2D eigenvalue weighted by molar-refractivity contribution is 5.69. The molecule has 0 aromatic heterocycles. The number of methoxy groups -OCH3 is 1. The molecule has 5 heteroatoms. The quantitative estimate of drug-likeness (QED) is 0.825. The van der Waals surface area contributed by atoms with Gasteiger partial charge in [-0.1, -0.05) is 13.0 Å². The molecule has 5 nitrogen and oxygen atoms in total. The zero-order valence-corrected chi connectivity index (χ0v) is 10.5. The molecule has 0 spiro atoms. The molecule has 1 aromatic carbocycles. The van der Waals surface area contributed by atoms with Gasteiger partial charge < -0.3 is 9.84 Å². The molecule has 0 unspecified atom stereocenters. The summed E-state index contributed by atoms with van der Waals surface area (Å²) in [5.41, 5.74) is 1.40. The van der Waals surface area contributed by atoms with Crippen molar-refractivity contribution in [1.82, 2.24) is 4.90 Å². The summed E-state index contributed by atoms with van der Waals surface area (Å²) in [5, 5.41) is 17.6. The zero-order chi connectivity index (χ0) is 13.5. The Hall–Kier alpha value is -2.06. The Balaban J connectivity index is 2.84. The maximum Gasteiger partial charge on any atom is 0.317 e. The Morgan fingerprint density at radius 3 is 2.78 bits per heavy atom. The van der Waals surface area contributed by atoms with Crippen molar-refractivity contribution in [2.45, 2.75) is 13.5 Å². The number of hydrogen-bond acceptors (Lipinski definition) is 4. The molecule has 96 valence electrons. The lowest BCUT2D eigenvalue weighted by Crippen LogP contribution is -2.29. The molecule has 0 radical (unpaired) electrons. The number of likely N-dealkylation sites (N-methyl/N-ethyl adjacent to an activating group) is 1. The van der Waals surface area contributed by atoms with E-state index in [1.165, 1.54) is 7.11 Å². The number of ether oxygens (including phenoxy) is 1. The highest BCUT2D eigenvalue weighted by Gasteiger charge is 2.10. The van der Waals surface area contributed by atoms with E-state index in [1.807, 2.05) is 19.1 Å². The second-order valence-corrected chi connectivity index (χ2v) is 3.84. The molecule has 18 heavy (non-hydrogen) atoms. The van der Waals surface area contributed by atoms with E-state index in [2.05, 4.69) is 0 Å². The Morgan fingerprint density at radius 1 is 1.56 bits per heavy atom. The molecule has 0 heterocycles. The predicted molar refractivity (Wildman–Crippen MR) is 66.3 cm³/mol. The lowest BCUT2D eigenvalue weighted by atomic mass is 10.1. The number of carboxylic acids is 1. The van der Waals surface area contributed by atoms with Crippen molar-refractivity contribution < 1.29 is 14.6 Å². The standard InChI is InChI=1S/C13H16N2O3/c1-3-15(9-13(16)17)8-10-4-5-11(7-14)12(6-10)18-2/h4-6H,3,8-9H2,1-2H3,(H,16,17). The van der Waals surface area contributed by atoms with E-state index >= 15 is 0 Å². The molecular weight excluding hydrogens is 232 g/mol. The van der Waals surface area contributed by atoms with Gasteiger partial charge in [-0.3, -0.25) is 9.69 Å². The highest BCUT2D eigenvalue weighted by atomic mass is 16.5. The first kappa shape index (κ1) is 14.0. The fraction of sp³-hybridized carbons (Fsp3) is 0.385. The summed E-state index contributed by atoms with van der Waals surface area (Å²) >= 11 is 0. The van der Waals surface area contributed by atoms with Crippen LogP contribution in [0.15, 0.2) is 18.2 Å². The van der Waals surface area contributed by atoms with Crippen molar-refractivity contribution in [2.75, 3.05) is 20.2 Å². The average Bonchev–Trinajstić information content (AvgIpc) is 2.37. The van der Waals surface area contributed by atoms with Gasteiger partial charge in [-0.05, 0) is 24.2 Å². The van der Waals surface area contributed by atoms with Gasteiger partial charge in [-0.2, -0.15) is 5.26 Å². The first-order valence-electron chi connectivity index (χ1n) is 5.61. The van der Waals surface area contributed by atoms with E-state index in [-0.39, 0.29) is 6.54 Å². The Morgan fingerprint density at radius 2 is 2.28 bits per heavy atom. The summed E-state index contributed by atoms with van der Waals surface area (Å²) < 4.78 is 5.12. The average molecular weight is 248 g/mol. The van der Waals surface area contributed by atoms with Crippen LogP contribution in [-0.4, -0.2) is 36.2 Å². The molecule has 0 aliphatic carbocycles. The van der Waals surface area contributed by atoms with E-state index in [0.717, 1.165) is 5.56 Å². The summed E-state index contributed by atoms with van der Waals surface area (Å²) in [6.45, 7) is 3.07. The summed E-state index contributed by atoms with van der Waals surface area (Å²) in [5.74, 6) is -0.334. The molecule has 0 amide bonds. The largest absolute Gasteiger partial charge is 0.495 e. The van der Waals surface area contributed by atoms with Gasteiger partial charge >= 0.3 is 5.97 Å². The molecule has 0 bridgehead atoms. The Kier molecular flexibility index (Phi) is 5.15. The van der Waals surface area contributed by atoms with Crippen LogP contribution in [0.2, 0.25) is 0 Å². The summed E-state index contributed by atoms with van der Waals surface area (Å²) in [4.78, 5) is 12.5. The van der Waals surface area contributed by atoms with Crippen LogP contribution < -0.4 is 4.74 Å². The van der Waals surface area contributed by atoms with Gasteiger partial charge in [0.1, 0.15) is 11.8 Å². The van der Waals surface area contributed by atoms with Crippen molar-refractivity contribution in [3.63, 3.8) is 0 Å². The van der Waals surface area contributed by atoms with Crippen LogP contribution in [0.4, 0.5) is 0 Å². The van der Waals surface area contributed by atoms with Crippen molar-refractivity contribution in [1.29, 1.82) is 5.26 Å². The van der Waals surface area contributed by atoms with Crippen molar-refractivity contribution in [2.24, 2.45) is 0 Å². The van der Waals surface area contributed by atoms with E-state index in [1.54, 1.807) is 17.0 Å². The number of benzene rings is 1. The van der Waals surface area contributed by atoms with Crippen LogP contribution in [-0.2, 0) is 11.3 Å². The van der Waals surface area contributed by atoms with Crippen LogP contribution in [0.1, 0.15) is 18.1 Å². The minimum absolute atomic E-state index is 0.00117. The number of nitriles is 1. The van der Waals surface area contributed by atoms with E-state index in [4.69, 9.17) is 15.1 Å². The van der Waals surface area contributed by atoms with Gasteiger partial charge in [0.05, 0.1) is 19.2 Å². The smallest absolute Gasteiger partial charge is 0.317 e. The van der Waals surface area contributed by atoms with Crippen LogP contribution in [0.25, 0.3) is 0 Å². The molecular formula is C13H16N2O3. The van der Waals surface area contributed by atoms with Gasteiger partial charge in [-0.25, -0.2) is 0 Å². The molecule has 0 saturated heterocycles. The third-order valence-electron chi connectivity index (χ3n) is 2.60.